The van der Waals surface area contributed by atoms with E-state index in [4.69, 9.17) is 22.2 Å². The highest BCUT2D eigenvalue weighted by atomic mass is 35.5. The Morgan fingerprint density at radius 1 is 1.30 bits per heavy atom. The molecule has 1 amide bonds. The van der Waals surface area contributed by atoms with Crippen molar-refractivity contribution in [3.05, 3.63) is 64.9 Å². The normalized spacial score (nSPS) is 12.6. The third kappa shape index (κ3) is 4.69. The Morgan fingerprint density at radius 2 is 2.00 bits per heavy atom. The average Bonchev–Trinajstić information content (AvgIpc) is 2.56. The van der Waals surface area contributed by atoms with Crippen LogP contribution in [0.15, 0.2) is 53.7 Å². The summed E-state index contributed by atoms with van der Waals surface area (Å²) in [4.78, 5) is 17.1. The van der Waals surface area contributed by atoms with E-state index in [2.05, 4.69) is 10.5 Å². The highest BCUT2D eigenvalue weighted by molar-refractivity contribution is 6.31. The maximum atomic E-state index is 13.1. The fourth-order valence-electron chi connectivity index (χ4n) is 1.66. The Kier molecular flexibility index (Phi) is 5.54. The molecule has 0 heterocycles. The fraction of sp³-hybridized carbons (Fsp3) is 0.125. The molecule has 0 radical (unpaired) electrons. The smallest absolute Gasteiger partial charge is 0.267 e. The summed E-state index contributed by atoms with van der Waals surface area (Å²) >= 11 is 5.65. The lowest BCUT2D eigenvalue weighted by atomic mass is 10.2. The second-order valence-corrected chi connectivity index (χ2v) is 5.12. The third-order valence-corrected chi connectivity index (χ3v) is 3.22. The van der Waals surface area contributed by atoms with Gasteiger partial charge >= 0.3 is 0 Å². The van der Waals surface area contributed by atoms with Crippen molar-refractivity contribution in [1.82, 2.24) is 0 Å². The summed E-state index contributed by atoms with van der Waals surface area (Å²) in [5.41, 5.74) is 6.81. The minimum absolute atomic E-state index is 0.0808. The van der Waals surface area contributed by atoms with Gasteiger partial charge in [0.1, 0.15) is 5.82 Å². The number of carbonyl (C=O) groups is 1. The van der Waals surface area contributed by atoms with Crippen molar-refractivity contribution >= 4 is 29.0 Å². The van der Waals surface area contributed by atoms with E-state index in [9.17, 15) is 9.18 Å². The molecule has 0 saturated carbocycles. The van der Waals surface area contributed by atoms with E-state index in [1.54, 1.807) is 12.1 Å². The molecule has 120 valence electrons. The second kappa shape index (κ2) is 7.60. The van der Waals surface area contributed by atoms with Crippen LogP contribution >= 0.6 is 11.6 Å². The van der Waals surface area contributed by atoms with Gasteiger partial charge in [0.15, 0.2) is 5.84 Å². The van der Waals surface area contributed by atoms with Crippen molar-refractivity contribution in [3.8, 4) is 0 Å². The molecule has 0 aliphatic heterocycles. The molecule has 2 aromatic rings. The van der Waals surface area contributed by atoms with Gasteiger partial charge in [-0.25, -0.2) is 4.39 Å². The topological polar surface area (TPSA) is 76.7 Å². The number of nitrogens with one attached hydrogen (secondary N) is 1. The van der Waals surface area contributed by atoms with E-state index in [-0.39, 0.29) is 10.9 Å². The molecule has 1 atom stereocenters. The molecule has 0 bridgehead atoms. The predicted octanol–water partition coefficient (Wildman–Crippen LogP) is 3.14. The lowest BCUT2D eigenvalue weighted by molar-refractivity contribution is -0.126. The molecule has 2 rings (SSSR count). The molecule has 0 aliphatic rings. The second-order valence-electron chi connectivity index (χ2n) is 4.71. The predicted molar refractivity (Wildman–Crippen MR) is 87.8 cm³/mol. The maximum absolute atomic E-state index is 13.1. The van der Waals surface area contributed by atoms with Crippen molar-refractivity contribution in [2.45, 2.75) is 13.0 Å². The van der Waals surface area contributed by atoms with E-state index < -0.39 is 17.8 Å². The van der Waals surface area contributed by atoms with Crippen molar-refractivity contribution in [3.63, 3.8) is 0 Å². The van der Waals surface area contributed by atoms with Gasteiger partial charge in [-0.2, -0.15) is 0 Å². The van der Waals surface area contributed by atoms with E-state index in [1.165, 1.54) is 19.1 Å². The van der Waals surface area contributed by atoms with Crippen molar-refractivity contribution in [2.75, 3.05) is 5.32 Å². The molecular weight excluding hydrogens is 321 g/mol. The molecule has 0 fully saturated rings. The molecular formula is C16H15ClFN3O2. The highest BCUT2D eigenvalue weighted by Crippen LogP contribution is 2.19. The van der Waals surface area contributed by atoms with Crippen LogP contribution in [0.5, 0.6) is 0 Å². The highest BCUT2D eigenvalue weighted by Gasteiger charge is 2.15. The van der Waals surface area contributed by atoms with Gasteiger partial charge in [0.05, 0.1) is 5.02 Å². The van der Waals surface area contributed by atoms with Gasteiger partial charge < -0.3 is 15.9 Å². The Hall–Kier alpha value is -2.60. The van der Waals surface area contributed by atoms with E-state index >= 15 is 0 Å². The molecule has 0 saturated heterocycles. The lowest BCUT2D eigenvalue weighted by Crippen LogP contribution is -2.27. The number of amides is 1. The van der Waals surface area contributed by atoms with Crippen molar-refractivity contribution in [2.24, 2.45) is 10.9 Å². The number of rotatable bonds is 5. The molecule has 1 unspecified atom stereocenters. The standard InChI is InChI=1S/C16H15ClFN3O2/c1-10(23-21-15(19)11-5-3-2-4-6-11)16(22)20-12-7-8-14(18)13(17)9-12/h2-10H,1H3,(H2,19,21)(H,20,22). The SMILES string of the molecule is CC(O/N=C(\N)c1ccccc1)C(=O)Nc1ccc(F)c(Cl)c1. The number of carbonyl (C=O) groups excluding carboxylic acids is 1. The zero-order valence-corrected chi connectivity index (χ0v) is 13.0. The van der Waals surface area contributed by atoms with E-state index in [0.717, 1.165) is 6.07 Å². The largest absolute Gasteiger partial charge is 0.381 e. The molecule has 2 aromatic carbocycles. The van der Waals surface area contributed by atoms with Crippen molar-refractivity contribution in [1.29, 1.82) is 0 Å². The summed E-state index contributed by atoms with van der Waals surface area (Å²) in [6.45, 7) is 1.52. The van der Waals surface area contributed by atoms with Crippen LogP contribution in [-0.4, -0.2) is 17.8 Å². The number of halogens is 2. The van der Waals surface area contributed by atoms with Crippen LogP contribution in [0, 0.1) is 5.82 Å². The molecule has 0 spiro atoms. The number of nitrogens with zero attached hydrogens (tertiary/aromatic N) is 1. The minimum Gasteiger partial charge on any atom is -0.381 e. The Bertz CT molecular complexity index is 723. The Labute approximate surface area is 137 Å². The Balaban J connectivity index is 1.96. The maximum Gasteiger partial charge on any atom is 0.267 e. The zero-order valence-electron chi connectivity index (χ0n) is 12.3. The number of hydrogen-bond acceptors (Lipinski definition) is 3. The molecule has 0 aliphatic carbocycles. The van der Waals surface area contributed by atoms with Crippen LogP contribution in [0.4, 0.5) is 10.1 Å². The summed E-state index contributed by atoms with van der Waals surface area (Å²) in [5.74, 6) is -0.860. The molecule has 0 aromatic heterocycles. The number of anilines is 1. The van der Waals surface area contributed by atoms with Gasteiger partial charge in [-0.1, -0.05) is 47.1 Å². The number of oxime groups is 1. The van der Waals surface area contributed by atoms with Crippen LogP contribution in [0.2, 0.25) is 5.02 Å². The van der Waals surface area contributed by atoms with Crippen LogP contribution in [0.25, 0.3) is 0 Å². The number of hydrogen-bond donors (Lipinski definition) is 2. The third-order valence-electron chi connectivity index (χ3n) is 2.94. The molecule has 23 heavy (non-hydrogen) atoms. The number of benzene rings is 2. The van der Waals surface area contributed by atoms with E-state index in [1.807, 2.05) is 18.2 Å². The van der Waals surface area contributed by atoms with Gasteiger partial charge in [0.2, 0.25) is 6.10 Å². The molecule has 7 heteroatoms. The summed E-state index contributed by atoms with van der Waals surface area (Å²) in [7, 11) is 0. The number of amidine groups is 1. The van der Waals surface area contributed by atoms with Crippen LogP contribution in [0.3, 0.4) is 0 Å². The Morgan fingerprint density at radius 3 is 2.65 bits per heavy atom. The minimum atomic E-state index is -0.888. The quantitative estimate of drug-likeness (QED) is 0.500. The van der Waals surface area contributed by atoms with Crippen molar-refractivity contribution < 1.29 is 14.0 Å². The summed E-state index contributed by atoms with van der Waals surface area (Å²) < 4.78 is 13.1. The van der Waals surface area contributed by atoms with E-state index in [0.29, 0.717) is 11.3 Å². The van der Waals surface area contributed by atoms with Crippen LogP contribution < -0.4 is 11.1 Å². The van der Waals surface area contributed by atoms with Gasteiger partial charge in [-0.3, -0.25) is 4.79 Å². The first-order valence-electron chi connectivity index (χ1n) is 6.78. The van der Waals surface area contributed by atoms with Gasteiger partial charge in [0.25, 0.3) is 5.91 Å². The number of nitrogens with two attached hydrogens (primary N) is 1. The summed E-state index contributed by atoms with van der Waals surface area (Å²) in [6, 6.07) is 12.9. The average molecular weight is 336 g/mol. The lowest BCUT2D eigenvalue weighted by Gasteiger charge is -2.11. The molecule has 3 N–H and O–H groups in total. The van der Waals surface area contributed by atoms with Gasteiger partial charge in [-0.15, -0.1) is 0 Å². The first-order valence-corrected chi connectivity index (χ1v) is 7.16. The van der Waals surface area contributed by atoms with Gasteiger partial charge in [0, 0.05) is 11.3 Å². The monoisotopic (exact) mass is 335 g/mol. The van der Waals surface area contributed by atoms with Gasteiger partial charge in [-0.05, 0) is 25.1 Å². The zero-order chi connectivity index (χ0) is 16.8. The summed E-state index contributed by atoms with van der Waals surface area (Å²) in [5, 5.41) is 6.20. The first kappa shape index (κ1) is 16.8. The van der Waals surface area contributed by atoms with Crippen LogP contribution in [0.1, 0.15) is 12.5 Å². The van der Waals surface area contributed by atoms with Crippen LogP contribution in [-0.2, 0) is 9.63 Å². The summed E-state index contributed by atoms with van der Waals surface area (Å²) in [6.07, 6.45) is -0.888. The molecule has 5 nitrogen and oxygen atoms in total. The first-order chi connectivity index (χ1) is 11.0. The fourth-order valence-corrected chi connectivity index (χ4v) is 1.84.